The number of rotatable bonds is 6. The first-order chi connectivity index (χ1) is 19.4. The average molecular weight is 554 g/mol. The number of carbonyl (C=O) groups is 2. The largest absolute Gasteiger partial charge is 0.456 e. The van der Waals surface area contributed by atoms with Gasteiger partial charge in [-0.15, -0.1) is 0 Å². The highest BCUT2D eigenvalue weighted by Crippen LogP contribution is 2.29. The van der Waals surface area contributed by atoms with Crippen LogP contribution in [0.25, 0.3) is 10.2 Å². The molecule has 5 rings (SSSR count). The van der Waals surface area contributed by atoms with Crippen LogP contribution in [0.1, 0.15) is 35.7 Å². The zero-order valence-electron chi connectivity index (χ0n) is 21.8. The van der Waals surface area contributed by atoms with Gasteiger partial charge in [0.05, 0.1) is 16.3 Å². The van der Waals surface area contributed by atoms with Gasteiger partial charge in [-0.1, -0.05) is 29.4 Å². The number of pyridine rings is 1. The molecule has 4 aromatic rings. The van der Waals surface area contributed by atoms with Crippen LogP contribution in [0.2, 0.25) is 0 Å². The molecular formula is C29H27N7O3S. The molecule has 3 heterocycles. The van der Waals surface area contributed by atoms with Crippen LogP contribution in [0.3, 0.4) is 0 Å². The normalized spacial score (nSPS) is 15.3. The maximum Gasteiger partial charge on any atom is 0.298 e. The number of aliphatic imine (C=N–C) groups is 1. The van der Waals surface area contributed by atoms with Gasteiger partial charge >= 0.3 is 0 Å². The van der Waals surface area contributed by atoms with Crippen LogP contribution in [0.4, 0.5) is 10.9 Å². The zero-order chi connectivity index (χ0) is 28.1. The van der Waals surface area contributed by atoms with Crippen LogP contribution in [0.5, 0.6) is 11.5 Å². The Morgan fingerprint density at radius 1 is 1.18 bits per heavy atom. The van der Waals surface area contributed by atoms with Crippen LogP contribution < -0.4 is 21.5 Å². The lowest BCUT2D eigenvalue weighted by atomic mass is 10.1. The topological polar surface area (TPSA) is 149 Å². The SMILES string of the molecule is CC#CC(=O)N1CCC[C@@H](N=C(N)c2c(Oc3ccc(C(=O)Nc4nc5ccccc5s4)cc3)ccnc2N)C1. The minimum atomic E-state index is -0.277. The number of para-hydroxylation sites is 1. The molecule has 40 heavy (non-hydrogen) atoms. The fourth-order valence-electron chi connectivity index (χ4n) is 4.39. The molecule has 1 aliphatic rings. The van der Waals surface area contributed by atoms with Crippen molar-refractivity contribution in [2.45, 2.75) is 25.8 Å². The Morgan fingerprint density at radius 2 is 1.98 bits per heavy atom. The van der Waals surface area contributed by atoms with E-state index in [1.54, 1.807) is 42.2 Å². The number of fused-ring (bicyclic) bond motifs is 1. The minimum absolute atomic E-state index is 0.172. The first kappa shape index (κ1) is 26.6. The Morgan fingerprint density at radius 3 is 2.75 bits per heavy atom. The molecule has 2 aromatic heterocycles. The number of aromatic nitrogens is 2. The molecule has 10 nitrogen and oxygen atoms in total. The molecule has 0 saturated carbocycles. The lowest BCUT2D eigenvalue weighted by molar-refractivity contribution is -0.126. The fraction of sp³-hybridized carbons (Fsp3) is 0.207. The summed E-state index contributed by atoms with van der Waals surface area (Å²) in [6.45, 7) is 2.69. The Bertz CT molecular complexity index is 1620. The standard InChI is InChI=1S/C29H27N7O3S/c1-2-6-24(37)36-16-5-7-19(17-36)33-27(31)25-22(14-15-32-26(25)30)39-20-12-10-18(11-13-20)28(38)35-29-34-21-8-3-4-9-23(21)40-29/h3-4,8-15,19H,5,7,16-17H2,1H3,(H2,30,32)(H2,31,33)(H,34,35,38)/t19-/m1/s1. The van der Waals surface area contributed by atoms with Crippen molar-refractivity contribution >= 4 is 50.2 Å². The number of amidine groups is 1. The maximum absolute atomic E-state index is 12.8. The molecule has 5 N–H and O–H groups in total. The number of piperidine rings is 1. The molecule has 1 fully saturated rings. The Labute approximate surface area is 235 Å². The van der Waals surface area contributed by atoms with E-state index >= 15 is 0 Å². The summed E-state index contributed by atoms with van der Waals surface area (Å²) in [7, 11) is 0. The molecule has 1 saturated heterocycles. The molecule has 11 heteroatoms. The summed E-state index contributed by atoms with van der Waals surface area (Å²) in [5.41, 5.74) is 14.2. The van der Waals surface area contributed by atoms with Gasteiger partial charge in [-0.2, -0.15) is 0 Å². The predicted molar refractivity (Wildman–Crippen MR) is 157 cm³/mol. The molecule has 0 bridgehead atoms. The molecule has 0 unspecified atom stereocenters. The Kier molecular flexibility index (Phi) is 7.89. The van der Waals surface area contributed by atoms with Crippen LogP contribution in [0, 0.1) is 11.8 Å². The number of carbonyl (C=O) groups excluding carboxylic acids is 2. The summed E-state index contributed by atoms with van der Waals surface area (Å²) in [5, 5.41) is 3.37. The van der Waals surface area contributed by atoms with Gasteiger partial charge in [0.15, 0.2) is 5.13 Å². The smallest absolute Gasteiger partial charge is 0.298 e. The Balaban J connectivity index is 1.29. The number of nitrogens with two attached hydrogens (primary N) is 2. The molecule has 202 valence electrons. The Hall–Kier alpha value is -4.95. The van der Waals surface area contributed by atoms with Gasteiger partial charge in [0.25, 0.3) is 11.8 Å². The molecule has 2 amide bonds. The third-order valence-corrected chi connectivity index (χ3v) is 7.25. The number of hydrogen-bond acceptors (Lipinski definition) is 8. The summed E-state index contributed by atoms with van der Waals surface area (Å²) in [6, 6.07) is 15.8. The van der Waals surface area contributed by atoms with E-state index in [1.165, 1.54) is 17.5 Å². The van der Waals surface area contributed by atoms with E-state index in [-0.39, 0.29) is 29.5 Å². The highest BCUT2D eigenvalue weighted by atomic mass is 32.1. The van der Waals surface area contributed by atoms with Gasteiger partial charge in [0.2, 0.25) is 0 Å². The van der Waals surface area contributed by atoms with Crippen molar-refractivity contribution in [2.24, 2.45) is 10.7 Å². The second-order valence-corrected chi connectivity index (χ2v) is 10.1. The third kappa shape index (κ3) is 6.03. The maximum atomic E-state index is 12.8. The summed E-state index contributed by atoms with van der Waals surface area (Å²) in [5.74, 6) is 5.92. The molecule has 1 aliphatic heterocycles. The molecular weight excluding hydrogens is 526 g/mol. The van der Waals surface area contributed by atoms with Gasteiger partial charge < -0.3 is 21.1 Å². The summed E-state index contributed by atoms with van der Waals surface area (Å²) in [4.78, 5) is 39.9. The molecule has 0 radical (unpaired) electrons. The highest BCUT2D eigenvalue weighted by molar-refractivity contribution is 7.22. The number of nitrogen functional groups attached to an aromatic ring is 1. The first-order valence-corrected chi connectivity index (χ1v) is 13.5. The van der Waals surface area contributed by atoms with Gasteiger partial charge in [-0.3, -0.25) is 19.9 Å². The number of nitrogens with zero attached hydrogens (tertiary/aromatic N) is 4. The van der Waals surface area contributed by atoms with Gasteiger partial charge in [0, 0.05) is 30.9 Å². The molecule has 1 atom stereocenters. The monoisotopic (exact) mass is 553 g/mol. The quantitative estimate of drug-likeness (QED) is 0.185. The van der Waals surface area contributed by atoms with Crippen LogP contribution in [-0.4, -0.2) is 51.6 Å². The average Bonchev–Trinajstić information content (AvgIpc) is 3.36. The van der Waals surface area contributed by atoms with Gasteiger partial charge in [0.1, 0.15) is 28.7 Å². The number of anilines is 2. The molecule has 0 spiro atoms. The van der Waals surface area contributed by atoms with E-state index in [9.17, 15) is 9.59 Å². The van der Waals surface area contributed by atoms with Crippen molar-refractivity contribution in [1.29, 1.82) is 0 Å². The summed E-state index contributed by atoms with van der Waals surface area (Å²) in [6.07, 6.45) is 3.09. The summed E-state index contributed by atoms with van der Waals surface area (Å²) >= 11 is 1.41. The lowest BCUT2D eigenvalue weighted by Crippen LogP contribution is -2.41. The number of thiazole rings is 1. The first-order valence-electron chi connectivity index (χ1n) is 12.7. The van der Waals surface area contributed by atoms with E-state index in [2.05, 4.69) is 32.1 Å². The van der Waals surface area contributed by atoms with Crippen molar-refractivity contribution in [2.75, 3.05) is 24.1 Å². The van der Waals surface area contributed by atoms with E-state index in [0.717, 1.165) is 23.1 Å². The predicted octanol–water partition coefficient (Wildman–Crippen LogP) is 4.04. The second-order valence-electron chi connectivity index (χ2n) is 9.07. The second kappa shape index (κ2) is 11.8. The van der Waals surface area contributed by atoms with Crippen LogP contribution >= 0.6 is 11.3 Å². The number of ether oxygens (including phenoxy) is 1. The van der Waals surface area contributed by atoms with Crippen molar-refractivity contribution in [1.82, 2.24) is 14.9 Å². The minimum Gasteiger partial charge on any atom is -0.456 e. The number of amides is 2. The third-order valence-electron chi connectivity index (χ3n) is 6.29. The van der Waals surface area contributed by atoms with E-state index < -0.39 is 0 Å². The van der Waals surface area contributed by atoms with Crippen molar-refractivity contribution < 1.29 is 14.3 Å². The fourth-order valence-corrected chi connectivity index (χ4v) is 5.25. The summed E-state index contributed by atoms with van der Waals surface area (Å²) < 4.78 is 7.08. The number of hydrogen-bond donors (Lipinski definition) is 3. The van der Waals surface area contributed by atoms with Gasteiger partial charge in [-0.05, 0) is 62.1 Å². The van der Waals surface area contributed by atoms with Crippen molar-refractivity contribution in [3.8, 4) is 23.3 Å². The van der Waals surface area contributed by atoms with Crippen LogP contribution in [0.15, 0.2) is 65.8 Å². The van der Waals surface area contributed by atoms with Crippen LogP contribution in [-0.2, 0) is 4.79 Å². The van der Waals surface area contributed by atoms with Crippen molar-refractivity contribution in [3.63, 3.8) is 0 Å². The zero-order valence-corrected chi connectivity index (χ0v) is 22.6. The number of benzene rings is 2. The number of likely N-dealkylation sites (tertiary alicyclic amines) is 1. The van der Waals surface area contributed by atoms with E-state index in [1.807, 2.05) is 24.3 Å². The van der Waals surface area contributed by atoms with Gasteiger partial charge in [-0.25, -0.2) is 9.97 Å². The highest BCUT2D eigenvalue weighted by Gasteiger charge is 2.24. The van der Waals surface area contributed by atoms with Crippen molar-refractivity contribution in [3.05, 3.63) is 71.9 Å². The lowest BCUT2D eigenvalue weighted by Gasteiger charge is -2.29. The van der Waals surface area contributed by atoms with E-state index in [4.69, 9.17) is 16.2 Å². The number of nitrogens with one attached hydrogen (secondary N) is 1. The van der Waals surface area contributed by atoms with E-state index in [0.29, 0.717) is 40.8 Å². The molecule has 0 aliphatic carbocycles. The molecule has 2 aromatic carbocycles.